The Balaban J connectivity index is 1.66. The van der Waals surface area contributed by atoms with E-state index in [1.807, 2.05) is 0 Å². The number of rotatable bonds is 8. The lowest BCUT2D eigenvalue weighted by Crippen LogP contribution is -2.34. The number of hydrogen-bond acceptors (Lipinski definition) is 6. The van der Waals surface area contributed by atoms with E-state index in [0.29, 0.717) is 29.3 Å². The summed E-state index contributed by atoms with van der Waals surface area (Å²) in [6.45, 7) is 4.86. The fourth-order valence-electron chi connectivity index (χ4n) is 3.42. The maximum absolute atomic E-state index is 12.6. The number of thiophene rings is 1. The number of carbonyl (C=O) groups is 2. The number of benzene rings is 1. The molecule has 1 aliphatic rings. The van der Waals surface area contributed by atoms with Gasteiger partial charge in [0.05, 0.1) is 18.8 Å². The van der Waals surface area contributed by atoms with E-state index in [-0.39, 0.29) is 17.0 Å². The lowest BCUT2D eigenvalue weighted by molar-refractivity contribution is 0.0526. The molecule has 0 bridgehead atoms. The third kappa shape index (κ3) is 6.04. The molecule has 0 saturated heterocycles. The first-order chi connectivity index (χ1) is 15.0. The number of ether oxygens (including phenoxy) is 2. The van der Waals surface area contributed by atoms with Crippen LogP contribution in [0.1, 0.15) is 70.7 Å². The van der Waals surface area contributed by atoms with Crippen LogP contribution in [-0.2, 0) is 17.6 Å². The number of aryl methyl sites for hydroxylation is 1. The highest BCUT2D eigenvalue weighted by atomic mass is 32.1. The minimum Gasteiger partial charge on any atom is -0.494 e. The van der Waals surface area contributed by atoms with E-state index in [1.165, 1.54) is 16.2 Å². The number of carbonyl (C=O) groups excluding carboxylic acids is 2. The summed E-state index contributed by atoms with van der Waals surface area (Å²) in [5.41, 5.74) is 2.07. The summed E-state index contributed by atoms with van der Waals surface area (Å²) in [6, 6.07) is 6.95. The van der Waals surface area contributed by atoms with Gasteiger partial charge in [0.25, 0.3) is 5.91 Å². The number of thiocarbonyl (C=S) groups is 1. The Morgan fingerprint density at radius 1 is 1.13 bits per heavy atom. The first kappa shape index (κ1) is 23.2. The molecule has 166 valence electrons. The summed E-state index contributed by atoms with van der Waals surface area (Å²) in [5.74, 6) is 0.0581. The minimum absolute atomic E-state index is 0.150. The number of unbranched alkanes of at least 4 members (excludes halogenated alkanes) is 1. The highest BCUT2D eigenvalue weighted by Gasteiger charge is 2.27. The Morgan fingerprint density at radius 2 is 1.87 bits per heavy atom. The van der Waals surface area contributed by atoms with E-state index in [9.17, 15) is 9.59 Å². The van der Waals surface area contributed by atoms with Gasteiger partial charge in [-0.05, 0) is 81.1 Å². The van der Waals surface area contributed by atoms with Crippen LogP contribution < -0.4 is 15.4 Å². The zero-order valence-corrected chi connectivity index (χ0v) is 19.5. The number of anilines is 1. The fraction of sp³-hybridized carbons (Fsp3) is 0.435. The second-order valence-electron chi connectivity index (χ2n) is 7.27. The molecule has 3 rings (SSSR count). The van der Waals surface area contributed by atoms with Crippen LogP contribution in [0.5, 0.6) is 5.75 Å². The topological polar surface area (TPSA) is 76.7 Å². The van der Waals surface area contributed by atoms with E-state index in [2.05, 4.69) is 17.6 Å². The molecule has 0 saturated carbocycles. The fourth-order valence-corrected chi connectivity index (χ4v) is 4.96. The van der Waals surface area contributed by atoms with Gasteiger partial charge in [0, 0.05) is 10.4 Å². The molecule has 0 aliphatic heterocycles. The zero-order chi connectivity index (χ0) is 22.2. The smallest absolute Gasteiger partial charge is 0.341 e. The maximum Gasteiger partial charge on any atom is 0.341 e. The summed E-state index contributed by atoms with van der Waals surface area (Å²) in [4.78, 5) is 26.3. The van der Waals surface area contributed by atoms with E-state index in [0.717, 1.165) is 49.8 Å². The predicted molar refractivity (Wildman–Crippen MR) is 127 cm³/mol. The average molecular weight is 461 g/mol. The average Bonchev–Trinajstić information content (AvgIpc) is 3.12. The third-order valence-electron chi connectivity index (χ3n) is 4.99. The molecule has 6 nitrogen and oxygen atoms in total. The van der Waals surface area contributed by atoms with Crippen molar-refractivity contribution in [2.24, 2.45) is 0 Å². The van der Waals surface area contributed by atoms with Crippen LogP contribution in [0.25, 0.3) is 0 Å². The standard InChI is InChI=1S/C23H28N2O4S2/c1-3-5-14-29-16-12-10-15(11-13-16)20(26)24-23(30)25-21-19(22(27)28-4-2)17-8-6-7-9-18(17)31-21/h10-13H,3-9,14H2,1-2H3,(H2,24,25,26,30). The molecule has 2 aromatic rings. The molecule has 0 fully saturated rings. The maximum atomic E-state index is 12.6. The van der Waals surface area contributed by atoms with E-state index >= 15 is 0 Å². The Morgan fingerprint density at radius 3 is 2.58 bits per heavy atom. The van der Waals surface area contributed by atoms with Crippen molar-refractivity contribution >= 4 is 45.5 Å². The molecule has 2 N–H and O–H groups in total. The molecular formula is C23H28N2O4S2. The molecule has 1 aromatic carbocycles. The molecule has 0 spiro atoms. The molecule has 8 heteroatoms. The first-order valence-corrected chi connectivity index (χ1v) is 11.9. The van der Waals surface area contributed by atoms with Gasteiger partial charge in [-0.3, -0.25) is 10.1 Å². The van der Waals surface area contributed by atoms with Crippen molar-refractivity contribution in [1.29, 1.82) is 0 Å². The molecule has 31 heavy (non-hydrogen) atoms. The summed E-state index contributed by atoms with van der Waals surface area (Å²) >= 11 is 6.86. The summed E-state index contributed by atoms with van der Waals surface area (Å²) in [6.07, 6.45) is 6.01. The van der Waals surface area contributed by atoms with Gasteiger partial charge >= 0.3 is 5.97 Å². The predicted octanol–water partition coefficient (Wildman–Crippen LogP) is 5.11. The van der Waals surface area contributed by atoms with Crippen LogP contribution in [0, 0.1) is 0 Å². The van der Waals surface area contributed by atoms with Crippen LogP contribution in [0.4, 0.5) is 5.00 Å². The molecule has 1 amide bonds. The minimum atomic E-state index is -0.350. The number of fused-ring (bicyclic) bond motifs is 1. The highest BCUT2D eigenvalue weighted by Crippen LogP contribution is 2.38. The molecule has 0 radical (unpaired) electrons. The summed E-state index contributed by atoms with van der Waals surface area (Å²) in [5, 5.41) is 6.52. The first-order valence-electron chi connectivity index (χ1n) is 10.7. The second-order valence-corrected chi connectivity index (χ2v) is 8.78. The van der Waals surface area contributed by atoms with Gasteiger partial charge in [0.1, 0.15) is 10.8 Å². The zero-order valence-electron chi connectivity index (χ0n) is 17.9. The van der Waals surface area contributed by atoms with E-state index in [4.69, 9.17) is 21.7 Å². The van der Waals surface area contributed by atoms with Gasteiger partial charge < -0.3 is 14.8 Å². The normalized spacial score (nSPS) is 12.6. The van der Waals surface area contributed by atoms with Crippen LogP contribution in [0.3, 0.4) is 0 Å². The van der Waals surface area contributed by atoms with Gasteiger partial charge in [0.15, 0.2) is 5.11 Å². The van der Waals surface area contributed by atoms with Crippen molar-refractivity contribution in [1.82, 2.24) is 5.32 Å². The van der Waals surface area contributed by atoms with Gasteiger partial charge in [-0.25, -0.2) is 4.79 Å². The van der Waals surface area contributed by atoms with Crippen molar-refractivity contribution < 1.29 is 19.1 Å². The molecular weight excluding hydrogens is 432 g/mol. The van der Waals surface area contributed by atoms with Gasteiger partial charge in [-0.2, -0.15) is 0 Å². The molecule has 1 aromatic heterocycles. The largest absolute Gasteiger partial charge is 0.494 e. The van der Waals surface area contributed by atoms with Crippen LogP contribution >= 0.6 is 23.6 Å². The summed E-state index contributed by atoms with van der Waals surface area (Å²) < 4.78 is 10.9. The lowest BCUT2D eigenvalue weighted by atomic mass is 9.95. The van der Waals surface area contributed by atoms with Gasteiger partial charge in [-0.1, -0.05) is 13.3 Å². The number of hydrogen-bond donors (Lipinski definition) is 2. The van der Waals surface area contributed by atoms with Crippen molar-refractivity contribution in [2.75, 3.05) is 18.5 Å². The van der Waals surface area contributed by atoms with Crippen LogP contribution in [0.15, 0.2) is 24.3 Å². The monoisotopic (exact) mass is 460 g/mol. The Kier molecular flexibility index (Phi) is 8.43. The quantitative estimate of drug-likeness (QED) is 0.324. The van der Waals surface area contributed by atoms with Crippen molar-refractivity contribution in [3.05, 3.63) is 45.8 Å². The Bertz CT molecular complexity index is 938. The van der Waals surface area contributed by atoms with Crippen LogP contribution in [-0.4, -0.2) is 30.2 Å². The molecule has 0 atom stereocenters. The van der Waals surface area contributed by atoms with Gasteiger partial charge in [0.2, 0.25) is 0 Å². The van der Waals surface area contributed by atoms with Crippen molar-refractivity contribution in [2.45, 2.75) is 52.4 Å². The van der Waals surface area contributed by atoms with E-state index in [1.54, 1.807) is 31.2 Å². The van der Waals surface area contributed by atoms with Crippen LogP contribution in [0.2, 0.25) is 0 Å². The summed E-state index contributed by atoms with van der Waals surface area (Å²) in [7, 11) is 0. The highest BCUT2D eigenvalue weighted by molar-refractivity contribution is 7.80. The third-order valence-corrected chi connectivity index (χ3v) is 6.40. The molecule has 0 unspecified atom stereocenters. The Hall–Kier alpha value is -2.45. The molecule has 1 aliphatic carbocycles. The number of esters is 1. The van der Waals surface area contributed by atoms with E-state index < -0.39 is 0 Å². The van der Waals surface area contributed by atoms with Crippen molar-refractivity contribution in [3.63, 3.8) is 0 Å². The number of nitrogens with one attached hydrogen (secondary N) is 2. The lowest BCUT2D eigenvalue weighted by Gasteiger charge is -2.13. The second kappa shape index (κ2) is 11.2. The number of amides is 1. The Labute approximate surface area is 192 Å². The van der Waals surface area contributed by atoms with Gasteiger partial charge in [-0.15, -0.1) is 11.3 Å². The van der Waals surface area contributed by atoms with Crippen molar-refractivity contribution in [3.8, 4) is 5.75 Å². The molecule has 1 heterocycles. The SMILES string of the molecule is CCCCOc1ccc(C(=O)NC(=S)Nc2sc3c(c2C(=O)OCC)CCCC3)cc1.